The Morgan fingerprint density at radius 2 is 2.10 bits per heavy atom. The van der Waals surface area contributed by atoms with Crippen LogP contribution in [0.3, 0.4) is 0 Å². The van der Waals surface area contributed by atoms with Crippen molar-refractivity contribution >= 4 is 22.0 Å². The third-order valence-electron chi connectivity index (χ3n) is 3.69. The van der Waals surface area contributed by atoms with Crippen LogP contribution in [0, 0.1) is 0 Å². The number of rotatable bonds is 9. The Kier molecular flexibility index (Phi) is 8.43. The van der Waals surface area contributed by atoms with Gasteiger partial charge in [-0.15, -0.1) is 0 Å². The second kappa shape index (κ2) is 9.25. The first kappa shape index (κ1) is 18.2. The number of likely N-dealkylation sites (N-methyl/N-ethyl adjacent to an activating group) is 1. The number of piperidine rings is 1. The van der Waals surface area contributed by atoms with Gasteiger partial charge in [0.25, 0.3) is 10.2 Å². The van der Waals surface area contributed by atoms with E-state index in [2.05, 4.69) is 10.0 Å². The lowest BCUT2D eigenvalue weighted by molar-refractivity contribution is 0.242. The van der Waals surface area contributed by atoms with Gasteiger partial charge >= 0.3 is 0 Å². The highest BCUT2D eigenvalue weighted by Gasteiger charge is 2.32. The fraction of sp³-hybridized carbons (Fsp3) is 1.00. The van der Waals surface area contributed by atoms with Crippen LogP contribution in [0.15, 0.2) is 0 Å². The second-order valence-electron chi connectivity index (χ2n) is 5.25. The molecular formula is C13H29N3O2S2. The molecule has 0 bridgehead atoms. The Labute approximate surface area is 128 Å². The number of hydrogen-bond donors (Lipinski definition) is 2. The predicted octanol–water partition coefficient (Wildman–Crippen LogP) is 1.43. The van der Waals surface area contributed by atoms with E-state index in [9.17, 15) is 8.42 Å². The number of nitrogens with zero attached hydrogens (tertiary/aromatic N) is 1. The van der Waals surface area contributed by atoms with E-state index in [1.165, 1.54) is 0 Å². The molecule has 0 aromatic carbocycles. The van der Waals surface area contributed by atoms with Gasteiger partial charge < -0.3 is 5.32 Å². The highest BCUT2D eigenvalue weighted by Crippen LogP contribution is 2.20. The lowest BCUT2D eigenvalue weighted by Crippen LogP contribution is -2.54. The number of nitrogens with one attached hydrogen (secondary N) is 2. The van der Waals surface area contributed by atoms with Crippen LogP contribution in [0.1, 0.15) is 39.5 Å². The third-order valence-corrected chi connectivity index (χ3v) is 6.15. The van der Waals surface area contributed by atoms with Gasteiger partial charge in [-0.2, -0.15) is 29.2 Å². The van der Waals surface area contributed by atoms with Gasteiger partial charge in [0.2, 0.25) is 0 Å². The molecule has 2 N–H and O–H groups in total. The van der Waals surface area contributed by atoms with Crippen LogP contribution < -0.4 is 10.0 Å². The molecule has 1 fully saturated rings. The fourth-order valence-electron chi connectivity index (χ4n) is 2.52. The summed E-state index contributed by atoms with van der Waals surface area (Å²) in [6.07, 6.45) is 5.86. The summed E-state index contributed by atoms with van der Waals surface area (Å²) in [5, 5.41) is 3.27. The van der Waals surface area contributed by atoms with E-state index in [1.807, 2.05) is 20.1 Å². The second-order valence-corrected chi connectivity index (χ2v) is 7.82. The van der Waals surface area contributed by atoms with Crippen molar-refractivity contribution in [3.63, 3.8) is 0 Å². The van der Waals surface area contributed by atoms with E-state index >= 15 is 0 Å². The Morgan fingerprint density at radius 3 is 2.70 bits per heavy atom. The zero-order valence-electron chi connectivity index (χ0n) is 12.9. The molecule has 1 aliphatic rings. The van der Waals surface area contributed by atoms with Crippen molar-refractivity contribution in [3.8, 4) is 0 Å². The zero-order valence-corrected chi connectivity index (χ0v) is 14.5. The standard InChI is InChI=1S/C13H29N3O2S2/c1-4-12(11-19-3)15-20(17,18)16-9-7-6-8-13(16)10-14-5-2/h12-15H,4-11H2,1-3H3. The Morgan fingerprint density at radius 1 is 1.35 bits per heavy atom. The molecule has 2 unspecified atom stereocenters. The van der Waals surface area contributed by atoms with Crippen molar-refractivity contribution in [3.05, 3.63) is 0 Å². The molecule has 1 aliphatic heterocycles. The molecule has 2 atom stereocenters. The van der Waals surface area contributed by atoms with E-state index in [1.54, 1.807) is 16.1 Å². The number of hydrogen-bond acceptors (Lipinski definition) is 4. The van der Waals surface area contributed by atoms with Gasteiger partial charge in [-0.1, -0.05) is 20.3 Å². The summed E-state index contributed by atoms with van der Waals surface area (Å²) in [6, 6.07) is 0.115. The summed E-state index contributed by atoms with van der Waals surface area (Å²) in [6.45, 7) is 6.33. The Balaban J connectivity index is 2.70. The highest BCUT2D eigenvalue weighted by atomic mass is 32.2. The molecule has 20 heavy (non-hydrogen) atoms. The molecular weight excluding hydrogens is 294 g/mol. The van der Waals surface area contributed by atoms with Crippen LogP contribution in [0.4, 0.5) is 0 Å². The largest absolute Gasteiger partial charge is 0.315 e. The Hall–Kier alpha value is 0.180. The maximum atomic E-state index is 12.6. The molecule has 0 radical (unpaired) electrons. The molecule has 1 rings (SSSR count). The molecule has 5 nitrogen and oxygen atoms in total. The van der Waals surface area contributed by atoms with E-state index < -0.39 is 10.2 Å². The first-order chi connectivity index (χ1) is 9.55. The molecule has 7 heteroatoms. The van der Waals surface area contributed by atoms with Crippen LogP contribution in [-0.4, -0.2) is 56.4 Å². The molecule has 1 saturated heterocycles. The van der Waals surface area contributed by atoms with Crippen molar-refractivity contribution < 1.29 is 8.42 Å². The van der Waals surface area contributed by atoms with Gasteiger partial charge in [0.05, 0.1) is 0 Å². The summed E-state index contributed by atoms with van der Waals surface area (Å²) < 4.78 is 29.7. The van der Waals surface area contributed by atoms with Gasteiger partial charge in [-0.3, -0.25) is 0 Å². The van der Waals surface area contributed by atoms with Crippen LogP contribution in [0.25, 0.3) is 0 Å². The Bertz CT molecular complexity index is 363. The summed E-state index contributed by atoms with van der Waals surface area (Å²) in [7, 11) is -3.37. The molecule has 0 aromatic heterocycles. The van der Waals surface area contributed by atoms with Crippen LogP contribution in [0.5, 0.6) is 0 Å². The molecule has 0 aliphatic carbocycles. The smallest absolute Gasteiger partial charge is 0.280 e. The van der Waals surface area contributed by atoms with Crippen molar-refractivity contribution in [1.29, 1.82) is 0 Å². The summed E-state index contributed by atoms with van der Waals surface area (Å²) in [4.78, 5) is 0. The zero-order chi connectivity index (χ0) is 15.0. The maximum absolute atomic E-state index is 12.6. The van der Waals surface area contributed by atoms with Gasteiger partial charge in [0.1, 0.15) is 0 Å². The maximum Gasteiger partial charge on any atom is 0.280 e. The first-order valence-electron chi connectivity index (χ1n) is 7.53. The topological polar surface area (TPSA) is 61.4 Å². The number of thioether (sulfide) groups is 1. The molecule has 120 valence electrons. The molecule has 1 heterocycles. The SMILES string of the molecule is CCNCC1CCCCN1S(=O)(=O)NC(CC)CSC. The average molecular weight is 324 g/mol. The minimum absolute atomic E-state index is 0.0247. The van der Waals surface area contributed by atoms with Gasteiger partial charge in [-0.05, 0) is 32.1 Å². The first-order valence-corrected chi connectivity index (χ1v) is 10.4. The summed E-state index contributed by atoms with van der Waals surface area (Å²) in [5.74, 6) is 0.821. The molecule has 0 aromatic rings. The van der Waals surface area contributed by atoms with Crippen molar-refractivity contribution in [2.45, 2.75) is 51.6 Å². The van der Waals surface area contributed by atoms with Gasteiger partial charge in [0, 0.05) is 30.9 Å². The average Bonchev–Trinajstić information content (AvgIpc) is 2.44. The van der Waals surface area contributed by atoms with Crippen LogP contribution >= 0.6 is 11.8 Å². The monoisotopic (exact) mass is 323 g/mol. The van der Waals surface area contributed by atoms with E-state index in [4.69, 9.17) is 0 Å². The predicted molar refractivity (Wildman–Crippen MR) is 87.4 cm³/mol. The van der Waals surface area contributed by atoms with Crippen LogP contribution in [0.2, 0.25) is 0 Å². The molecule has 0 amide bonds. The third kappa shape index (κ3) is 5.52. The lowest BCUT2D eigenvalue weighted by atomic mass is 10.1. The quantitative estimate of drug-likeness (QED) is 0.674. The minimum Gasteiger partial charge on any atom is -0.315 e. The van der Waals surface area contributed by atoms with Gasteiger partial charge in [0.15, 0.2) is 0 Å². The minimum atomic E-state index is -3.37. The van der Waals surface area contributed by atoms with Crippen molar-refractivity contribution in [2.24, 2.45) is 0 Å². The van der Waals surface area contributed by atoms with Crippen molar-refractivity contribution in [1.82, 2.24) is 14.3 Å². The van der Waals surface area contributed by atoms with E-state index in [0.29, 0.717) is 6.54 Å². The summed E-state index contributed by atoms with van der Waals surface area (Å²) >= 11 is 1.68. The summed E-state index contributed by atoms with van der Waals surface area (Å²) in [5.41, 5.74) is 0. The van der Waals surface area contributed by atoms with Crippen LogP contribution in [-0.2, 0) is 10.2 Å². The lowest BCUT2D eigenvalue weighted by Gasteiger charge is -2.35. The van der Waals surface area contributed by atoms with Gasteiger partial charge in [-0.25, -0.2) is 0 Å². The normalized spacial score (nSPS) is 22.9. The molecule has 0 saturated carbocycles. The van der Waals surface area contributed by atoms with E-state index in [0.717, 1.165) is 44.5 Å². The molecule has 0 spiro atoms. The van der Waals surface area contributed by atoms with E-state index in [-0.39, 0.29) is 12.1 Å². The fourth-order valence-corrected chi connectivity index (χ4v) is 5.10. The highest BCUT2D eigenvalue weighted by molar-refractivity contribution is 7.98. The van der Waals surface area contributed by atoms with Crippen molar-refractivity contribution in [2.75, 3.05) is 31.6 Å².